The summed E-state index contributed by atoms with van der Waals surface area (Å²) in [6.07, 6.45) is 2.57. The molecule has 1 aliphatic rings. The third-order valence-corrected chi connectivity index (χ3v) is 3.34. The van der Waals surface area contributed by atoms with Crippen molar-refractivity contribution in [1.82, 2.24) is 10.3 Å². The minimum absolute atomic E-state index is 0.920. The zero-order valence-electron chi connectivity index (χ0n) is 10.1. The second-order valence-electron chi connectivity index (χ2n) is 4.41. The highest BCUT2D eigenvalue weighted by atomic mass is 16.3. The van der Waals surface area contributed by atoms with Crippen LogP contribution in [0.25, 0.3) is 11.1 Å². The molecule has 1 saturated heterocycles. The Hall–Kier alpha value is -1.55. The second kappa shape index (κ2) is 4.37. The van der Waals surface area contributed by atoms with Crippen molar-refractivity contribution < 1.29 is 4.42 Å². The zero-order valence-corrected chi connectivity index (χ0v) is 10.1. The van der Waals surface area contributed by atoms with E-state index in [1.165, 1.54) is 17.6 Å². The zero-order chi connectivity index (χ0) is 11.7. The summed E-state index contributed by atoms with van der Waals surface area (Å²) in [4.78, 5) is 6.65. The van der Waals surface area contributed by atoms with Gasteiger partial charge >= 0.3 is 0 Å². The molecule has 3 rings (SSSR count). The third kappa shape index (κ3) is 1.89. The van der Waals surface area contributed by atoms with Crippen LogP contribution in [0.1, 0.15) is 12.5 Å². The van der Waals surface area contributed by atoms with Crippen molar-refractivity contribution in [2.24, 2.45) is 0 Å². The van der Waals surface area contributed by atoms with Gasteiger partial charge in [0, 0.05) is 26.2 Å². The Kier molecular flexibility index (Phi) is 2.73. The van der Waals surface area contributed by atoms with Gasteiger partial charge in [-0.25, -0.2) is 4.98 Å². The molecular weight excluding hydrogens is 214 g/mol. The molecule has 0 amide bonds. The van der Waals surface area contributed by atoms with E-state index < -0.39 is 0 Å². The van der Waals surface area contributed by atoms with Crippen LogP contribution in [0, 0.1) is 0 Å². The number of fused-ring (bicyclic) bond motifs is 1. The van der Waals surface area contributed by atoms with Gasteiger partial charge in [-0.15, -0.1) is 0 Å². The first-order valence-electron chi connectivity index (χ1n) is 6.20. The molecule has 4 nitrogen and oxygen atoms in total. The van der Waals surface area contributed by atoms with E-state index in [0.29, 0.717) is 0 Å². The summed E-state index contributed by atoms with van der Waals surface area (Å²) in [5.41, 5.74) is 4.40. The van der Waals surface area contributed by atoms with Gasteiger partial charge in [0.25, 0.3) is 0 Å². The van der Waals surface area contributed by atoms with Crippen LogP contribution in [0.2, 0.25) is 0 Å². The van der Waals surface area contributed by atoms with Gasteiger partial charge < -0.3 is 14.6 Å². The first-order valence-corrected chi connectivity index (χ1v) is 6.20. The summed E-state index contributed by atoms with van der Waals surface area (Å²) in [5, 5.41) is 3.37. The molecule has 0 radical (unpaired) electrons. The third-order valence-electron chi connectivity index (χ3n) is 3.34. The molecule has 2 aromatic rings. The van der Waals surface area contributed by atoms with Crippen molar-refractivity contribution in [2.45, 2.75) is 13.3 Å². The van der Waals surface area contributed by atoms with Gasteiger partial charge in [-0.05, 0) is 24.1 Å². The molecule has 0 bridgehead atoms. The van der Waals surface area contributed by atoms with Crippen LogP contribution < -0.4 is 10.2 Å². The van der Waals surface area contributed by atoms with Crippen molar-refractivity contribution in [1.29, 1.82) is 0 Å². The molecule has 0 saturated carbocycles. The van der Waals surface area contributed by atoms with Crippen LogP contribution in [0.4, 0.5) is 5.69 Å². The normalized spacial score (nSPS) is 16.6. The van der Waals surface area contributed by atoms with Crippen molar-refractivity contribution >= 4 is 16.8 Å². The monoisotopic (exact) mass is 231 g/mol. The fourth-order valence-electron chi connectivity index (χ4n) is 2.35. The maximum absolute atomic E-state index is 5.53. The molecule has 1 aliphatic heterocycles. The van der Waals surface area contributed by atoms with Crippen LogP contribution in [0.15, 0.2) is 22.9 Å². The molecule has 0 aliphatic carbocycles. The minimum atomic E-state index is 0.920. The molecule has 90 valence electrons. The number of hydrogen-bond donors (Lipinski definition) is 1. The quantitative estimate of drug-likeness (QED) is 0.855. The van der Waals surface area contributed by atoms with Gasteiger partial charge in [0.05, 0.1) is 5.69 Å². The summed E-state index contributed by atoms with van der Waals surface area (Å²) in [7, 11) is 0. The average molecular weight is 231 g/mol. The molecule has 1 fully saturated rings. The van der Waals surface area contributed by atoms with Gasteiger partial charge in [-0.2, -0.15) is 0 Å². The van der Waals surface area contributed by atoms with Gasteiger partial charge in [-0.1, -0.05) is 6.92 Å². The number of nitrogens with zero attached hydrogens (tertiary/aromatic N) is 2. The van der Waals surface area contributed by atoms with Gasteiger partial charge in [0.15, 0.2) is 12.0 Å². The van der Waals surface area contributed by atoms with Gasteiger partial charge in [-0.3, -0.25) is 0 Å². The Balaban J connectivity index is 2.08. The highest BCUT2D eigenvalue weighted by Crippen LogP contribution is 2.28. The summed E-state index contributed by atoms with van der Waals surface area (Å²) >= 11 is 0. The summed E-state index contributed by atoms with van der Waals surface area (Å²) in [6, 6.07) is 4.35. The van der Waals surface area contributed by atoms with Crippen LogP contribution in [0.5, 0.6) is 0 Å². The molecule has 17 heavy (non-hydrogen) atoms. The smallest absolute Gasteiger partial charge is 0.182 e. The average Bonchev–Trinajstić information content (AvgIpc) is 2.86. The number of benzene rings is 1. The molecule has 1 aromatic carbocycles. The molecule has 0 atom stereocenters. The van der Waals surface area contributed by atoms with E-state index in [1.54, 1.807) is 0 Å². The number of rotatable bonds is 2. The number of aryl methyl sites for hydroxylation is 1. The highest BCUT2D eigenvalue weighted by Gasteiger charge is 2.16. The lowest BCUT2D eigenvalue weighted by Gasteiger charge is -2.29. The van der Waals surface area contributed by atoms with Crippen molar-refractivity contribution in [3.05, 3.63) is 24.1 Å². The molecule has 0 spiro atoms. The standard InChI is InChI=1S/C13H17N3O/c1-2-10-7-11-13(17-9-15-11)12(8-10)16-5-3-14-4-6-16/h7-9,14H,2-6H2,1H3. The van der Waals surface area contributed by atoms with Crippen LogP contribution in [-0.2, 0) is 6.42 Å². The Morgan fingerprint density at radius 1 is 1.35 bits per heavy atom. The SMILES string of the molecule is CCc1cc(N2CCNCC2)c2ocnc2c1. The van der Waals surface area contributed by atoms with Crippen molar-refractivity contribution in [2.75, 3.05) is 31.1 Å². The van der Waals surface area contributed by atoms with Crippen LogP contribution in [0.3, 0.4) is 0 Å². The largest absolute Gasteiger partial charge is 0.441 e. The van der Waals surface area contributed by atoms with Gasteiger partial charge in [0.1, 0.15) is 5.52 Å². The molecule has 1 aromatic heterocycles. The van der Waals surface area contributed by atoms with Crippen molar-refractivity contribution in [3.8, 4) is 0 Å². The molecule has 4 heteroatoms. The van der Waals surface area contributed by atoms with E-state index in [-0.39, 0.29) is 0 Å². The van der Waals surface area contributed by atoms with E-state index in [0.717, 1.165) is 43.7 Å². The van der Waals surface area contributed by atoms with Crippen LogP contribution >= 0.6 is 0 Å². The Morgan fingerprint density at radius 2 is 2.18 bits per heavy atom. The number of anilines is 1. The number of oxazole rings is 1. The number of hydrogen-bond acceptors (Lipinski definition) is 4. The molecule has 2 heterocycles. The lowest BCUT2D eigenvalue weighted by atomic mass is 10.1. The van der Waals surface area contributed by atoms with E-state index in [4.69, 9.17) is 4.42 Å². The molecular formula is C13H17N3O. The van der Waals surface area contributed by atoms with Gasteiger partial charge in [0.2, 0.25) is 0 Å². The van der Waals surface area contributed by atoms with E-state index >= 15 is 0 Å². The first-order chi connectivity index (χ1) is 8.38. The number of nitrogens with one attached hydrogen (secondary N) is 1. The van der Waals surface area contributed by atoms with E-state index in [1.807, 2.05) is 0 Å². The minimum Gasteiger partial charge on any atom is -0.441 e. The molecule has 1 N–H and O–H groups in total. The fraction of sp³-hybridized carbons (Fsp3) is 0.462. The predicted octanol–water partition coefficient (Wildman–Crippen LogP) is 1.80. The maximum atomic E-state index is 5.53. The number of aromatic nitrogens is 1. The summed E-state index contributed by atoms with van der Waals surface area (Å²) in [5.74, 6) is 0. The number of piperazine rings is 1. The Labute approximate surface area is 101 Å². The van der Waals surface area contributed by atoms with Crippen molar-refractivity contribution in [3.63, 3.8) is 0 Å². The second-order valence-corrected chi connectivity index (χ2v) is 4.41. The lowest BCUT2D eigenvalue weighted by Crippen LogP contribution is -2.43. The summed E-state index contributed by atoms with van der Waals surface area (Å²) in [6.45, 7) is 6.30. The maximum Gasteiger partial charge on any atom is 0.182 e. The predicted molar refractivity (Wildman–Crippen MR) is 68.5 cm³/mol. The lowest BCUT2D eigenvalue weighted by molar-refractivity contribution is 0.575. The first kappa shape index (κ1) is 10.6. The molecule has 0 unspecified atom stereocenters. The highest BCUT2D eigenvalue weighted by molar-refractivity contribution is 5.87. The Bertz CT molecular complexity index is 514. The Morgan fingerprint density at radius 3 is 2.94 bits per heavy atom. The topological polar surface area (TPSA) is 41.3 Å². The van der Waals surface area contributed by atoms with E-state index in [2.05, 4.69) is 34.3 Å². The van der Waals surface area contributed by atoms with E-state index in [9.17, 15) is 0 Å². The van der Waals surface area contributed by atoms with Crippen LogP contribution in [-0.4, -0.2) is 31.2 Å². The fourth-order valence-corrected chi connectivity index (χ4v) is 2.35. The summed E-state index contributed by atoms with van der Waals surface area (Å²) < 4.78 is 5.53.